The molecule has 0 aliphatic rings. The molecule has 0 aromatic heterocycles. The molecule has 1 atom stereocenters. The Morgan fingerprint density at radius 1 is 1.33 bits per heavy atom. The Morgan fingerprint density at radius 2 is 2.00 bits per heavy atom. The summed E-state index contributed by atoms with van der Waals surface area (Å²) in [5.74, 6) is -1.61. The second-order valence-electron chi connectivity index (χ2n) is 4.07. The first-order valence-corrected chi connectivity index (χ1v) is 5.72. The fourth-order valence-electron chi connectivity index (χ4n) is 1.59. The van der Waals surface area contributed by atoms with E-state index >= 15 is 0 Å². The molecule has 0 heterocycles. The van der Waals surface area contributed by atoms with E-state index in [4.69, 9.17) is 10.2 Å². The van der Waals surface area contributed by atoms with Crippen LogP contribution in [0, 0.1) is 6.92 Å². The van der Waals surface area contributed by atoms with Crippen molar-refractivity contribution in [3.05, 3.63) is 35.4 Å². The number of carbonyl (C=O) groups is 2. The summed E-state index contributed by atoms with van der Waals surface area (Å²) < 4.78 is 0. The van der Waals surface area contributed by atoms with E-state index in [0.29, 0.717) is 6.42 Å². The highest BCUT2D eigenvalue weighted by Crippen LogP contribution is 2.09. The summed E-state index contributed by atoms with van der Waals surface area (Å²) in [6.45, 7) is 1.35. The molecular formula is C13H17NO4. The third-order valence-electron chi connectivity index (χ3n) is 2.70. The van der Waals surface area contributed by atoms with E-state index in [9.17, 15) is 9.59 Å². The standard InChI is InChI=1S/C13H17NO4/c1-9-4-2-3-5-10(9)6-7-12(16)14-11(8-15)13(17)18/h2-5,11,15H,6-8H2,1H3,(H,14,16)(H,17,18). The second kappa shape index (κ2) is 6.76. The van der Waals surface area contributed by atoms with Gasteiger partial charge in [-0.15, -0.1) is 0 Å². The predicted molar refractivity (Wildman–Crippen MR) is 66.2 cm³/mol. The van der Waals surface area contributed by atoms with Gasteiger partial charge in [-0.2, -0.15) is 0 Å². The molecule has 0 saturated carbocycles. The molecule has 1 aromatic carbocycles. The number of aryl methyl sites for hydroxylation is 2. The van der Waals surface area contributed by atoms with E-state index in [-0.39, 0.29) is 12.3 Å². The normalized spacial score (nSPS) is 11.9. The number of aliphatic hydroxyl groups excluding tert-OH is 1. The van der Waals surface area contributed by atoms with Crippen LogP contribution in [-0.2, 0) is 16.0 Å². The first-order chi connectivity index (χ1) is 8.54. The number of rotatable bonds is 6. The molecule has 18 heavy (non-hydrogen) atoms. The molecule has 3 N–H and O–H groups in total. The average Bonchev–Trinajstić information content (AvgIpc) is 2.34. The van der Waals surface area contributed by atoms with E-state index < -0.39 is 18.6 Å². The number of aliphatic carboxylic acids is 1. The summed E-state index contributed by atoms with van der Waals surface area (Å²) in [6.07, 6.45) is 0.755. The first kappa shape index (κ1) is 14.2. The molecule has 0 spiro atoms. The highest BCUT2D eigenvalue weighted by Gasteiger charge is 2.18. The Hall–Kier alpha value is -1.88. The lowest BCUT2D eigenvalue weighted by Crippen LogP contribution is -2.43. The zero-order chi connectivity index (χ0) is 13.5. The van der Waals surface area contributed by atoms with Gasteiger partial charge in [0, 0.05) is 6.42 Å². The second-order valence-corrected chi connectivity index (χ2v) is 4.07. The van der Waals surface area contributed by atoms with Crippen LogP contribution < -0.4 is 5.32 Å². The quantitative estimate of drug-likeness (QED) is 0.686. The number of aliphatic hydroxyl groups is 1. The highest BCUT2D eigenvalue weighted by molar-refractivity contribution is 5.83. The number of amides is 1. The molecule has 5 nitrogen and oxygen atoms in total. The number of nitrogens with one attached hydrogen (secondary N) is 1. The van der Waals surface area contributed by atoms with Crippen LogP contribution in [0.2, 0.25) is 0 Å². The van der Waals surface area contributed by atoms with Gasteiger partial charge < -0.3 is 15.5 Å². The van der Waals surface area contributed by atoms with Crippen molar-refractivity contribution in [2.75, 3.05) is 6.61 Å². The molecule has 1 amide bonds. The molecule has 0 fully saturated rings. The van der Waals surface area contributed by atoms with Gasteiger partial charge in [0.2, 0.25) is 5.91 Å². The van der Waals surface area contributed by atoms with Gasteiger partial charge in [-0.1, -0.05) is 24.3 Å². The Morgan fingerprint density at radius 3 is 2.56 bits per heavy atom. The van der Waals surface area contributed by atoms with Crippen molar-refractivity contribution < 1.29 is 19.8 Å². The minimum Gasteiger partial charge on any atom is -0.480 e. The summed E-state index contributed by atoms with van der Waals surface area (Å²) in [6, 6.07) is 6.48. The van der Waals surface area contributed by atoms with Crippen molar-refractivity contribution in [1.82, 2.24) is 5.32 Å². The minimum atomic E-state index is -1.23. The lowest BCUT2D eigenvalue weighted by atomic mass is 10.0. The maximum absolute atomic E-state index is 11.5. The SMILES string of the molecule is Cc1ccccc1CCC(=O)NC(CO)C(=O)O. The van der Waals surface area contributed by atoms with Gasteiger partial charge in [-0.05, 0) is 24.5 Å². The van der Waals surface area contributed by atoms with Crippen molar-refractivity contribution in [2.45, 2.75) is 25.8 Å². The first-order valence-electron chi connectivity index (χ1n) is 5.72. The summed E-state index contributed by atoms with van der Waals surface area (Å²) in [5, 5.41) is 19.7. The number of carbonyl (C=O) groups excluding carboxylic acids is 1. The van der Waals surface area contributed by atoms with Gasteiger partial charge in [0.1, 0.15) is 6.04 Å². The zero-order valence-electron chi connectivity index (χ0n) is 10.2. The third-order valence-corrected chi connectivity index (χ3v) is 2.70. The van der Waals surface area contributed by atoms with Crippen LogP contribution in [0.1, 0.15) is 17.5 Å². The van der Waals surface area contributed by atoms with Crippen molar-refractivity contribution in [1.29, 1.82) is 0 Å². The molecule has 98 valence electrons. The van der Waals surface area contributed by atoms with Crippen molar-refractivity contribution in [3.8, 4) is 0 Å². The molecule has 0 saturated heterocycles. The van der Waals surface area contributed by atoms with Gasteiger partial charge >= 0.3 is 5.97 Å². The number of hydrogen-bond acceptors (Lipinski definition) is 3. The molecular weight excluding hydrogens is 234 g/mol. The number of hydrogen-bond donors (Lipinski definition) is 3. The smallest absolute Gasteiger partial charge is 0.328 e. The van der Waals surface area contributed by atoms with E-state index in [2.05, 4.69) is 5.32 Å². The van der Waals surface area contributed by atoms with Crippen LogP contribution >= 0.6 is 0 Å². The fourth-order valence-corrected chi connectivity index (χ4v) is 1.59. The molecule has 5 heteroatoms. The van der Waals surface area contributed by atoms with Gasteiger partial charge in [0.15, 0.2) is 0 Å². The van der Waals surface area contributed by atoms with Crippen molar-refractivity contribution in [2.24, 2.45) is 0 Å². The summed E-state index contributed by atoms with van der Waals surface area (Å²) >= 11 is 0. The van der Waals surface area contributed by atoms with Crippen LogP contribution in [0.4, 0.5) is 0 Å². The topological polar surface area (TPSA) is 86.6 Å². The summed E-state index contributed by atoms with van der Waals surface area (Å²) in [4.78, 5) is 22.1. The Labute approximate surface area is 105 Å². The third kappa shape index (κ3) is 4.18. The lowest BCUT2D eigenvalue weighted by Gasteiger charge is -2.11. The Kier molecular flexibility index (Phi) is 5.32. The number of benzene rings is 1. The lowest BCUT2D eigenvalue weighted by molar-refractivity contribution is -0.142. The van der Waals surface area contributed by atoms with E-state index in [1.54, 1.807) is 0 Å². The molecule has 1 unspecified atom stereocenters. The monoisotopic (exact) mass is 251 g/mol. The predicted octanol–water partition coefficient (Wildman–Crippen LogP) is 0.489. The van der Waals surface area contributed by atoms with Gasteiger partial charge in [0.05, 0.1) is 6.61 Å². The molecule has 0 aliphatic heterocycles. The minimum absolute atomic E-state index is 0.203. The Bertz CT molecular complexity index is 431. The summed E-state index contributed by atoms with van der Waals surface area (Å²) in [5.41, 5.74) is 2.16. The van der Waals surface area contributed by atoms with Crippen LogP contribution in [0.3, 0.4) is 0 Å². The fraction of sp³-hybridized carbons (Fsp3) is 0.385. The molecule has 0 aliphatic carbocycles. The highest BCUT2D eigenvalue weighted by atomic mass is 16.4. The number of carboxylic acids is 1. The number of carboxylic acid groups (broad SMARTS) is 1. The van der Waals surface area contributed by atoms with Crippen LogP contribution in [-0.4, -0.2) is 34.7 Å². The largest absolute Gasteiger partial charge is 0.480 e. The van der Waals surface area contributed by atoms with Crippen LogP contribution in [0.25, 0.3) is 0 Å². The van der Waals surface area contributed by atoms with E-state index in [1.165, 1.54) is 0 Å². The van der Waals surface area contributed by atoms with Crippen molar-refractivity contribution >= 4 is 11.9 Å². The maximum atomic E-state index is 11.5. The molecule has 0 bridgehead atoms. The summed E-state index contributed by atoms with van der Waals surface area (Å²) in [7, 11) is 0. The zero-order valence-corrected chi connectivity index (χ0v) is 10.2. The van der Waals surface area contributed by atoms with Gasteiger partial charge in [-0.25, -0.2) is 4.79 Å². The molecule has 1 rings (SSSR count). The molecule has 1 aromatic rings. The van der Waals surface area contributed by atoms with E-state index in [0.717, 1.165) is 11.1 Å². The maximum Gasteiger partial charge on any atom is 0.328 e. The van der Waals surface area contributed by atoms with Gasteiger partial charge in [-0.3, -0.25) is 4.79 Å². The van der Waals surface area contributed by atoms with E-state index in [1.807, 2.05) is 31.2 Å². The average molecular weight is 251 g/mol. The van der Waals surface area contributed by atoms with Crippen LogP contribution in [0.5, 0.6) is 0 Å². The molecule has 0 radical (unpaired) electrons. The van der Waals surface area contributed by atoms with Gasteiger partial charge in [0.25, 0.3) is 0 Å². The van der Waals surface area contributed by atoms with Crippen molar-refractivity contribution in [3.63, 3.8) is 0 Å². The Balaban J connectivity index is 2.47. The van der Waals surface area contributed by atoms with Crippen LogP contribution in [0.15, 0.2) is 24.3 Å².